The van der Waals surface area contributed by atoms with Crippen LogP contribution in [0.4, 0.5) is 14.9 Å². The van der Waals surface area contributed by atoms with Crippen LogP contribution in [0.5, 0.6) is 17.2 Å². The van der Waals surface area contributed by atoms with Gasteiger partial charge < -0.3 is 23.5 Å². The number of aryl methyl sites for hydroxylation is 1. The molecule has 36 heavy (non-hydrogen) atoms. The van der Waals surface area contributed by atoms with E-state index in [2.05, 4.69) is 24.9 Å². The van der Waals surface area contributed by atoms with Crippen LogP contribution in [-0.2, 0) is 4.74 Å². The Hall–Kier alpha value is -3.93. The summed E-state index contributed by atoms with van der Waals surface area (Å²) in [5.41, 5.74) is 1.28. The van der Waals surface area contributed by atoms with Crippen LogP contribution < -0.4 is 14.2 Å². The van der Waals surface area contributed by atoms with E-state index in [1.165, 1.54) is 20.3 Å². The standard InChI is InChI=1S/C24H23FN4O6S/c1-13-26-22(29-35-13)14-6-8-15(9-7-14)27-19(23(36-4)28-24(30)32-3)16-12-17(31-2)20-21(18(16)25)34-11-5-10-33-20/h6-9,12H,5,10-11H2,1-4H3. The van der Waals surface area contributed by atoms with Crippen molar-refractivity contribution in [2.75, 3.05) is 33.7 Å². The zero-order valence-electron chi connectivity index (χ0n) is 20.0. The lowest BCUT2D eigenvalue weighted by atomic mass is 10.1. The first-order valence-corrected chi connectivity index (χ1v) is 12.0. The molecule has 4 rings (SSSR count). The Labute approximate surface area is 210 Å². The van der Waals surface area contributed by atoms with Crippen LogP contribution in [0.2, 0.25) is 0 Å². The van der Waals surface area contributed by atoms with Gasteiger partial charge in [-0.1, -0.05) is 5.16 Å². The van der Waals surface area contributed by atoms with Gasteiger partial charge in [0.15, 0.2) is 11.6 Å². The number of hydrogen-bond donors (Lipinski definition) is 0. The number of halogens is 1. The molecule has 2 aromatic carbocycles. The lowest BCUT2D eigenvalue weighted by molar-refractivity contribution is 0.183. The van der Waals surface area contributed by atoms with Crippen LogP contribution in [0.25, 0.3) is 11.4 Å². The van der Waals surface area contributed by atoms with E-state index in [0.717, 1.165) is 11.8 Å². The van der Waals surface area contributed by atoms with Crippen LogP contribution in [0.15, 0.2) is 44.8 Å². The van der Waals surface area contributed by atoms with Crippen molar-refractivity contribution in [1.29, 1.82) is 0 Å². The van der Waals surface area contributed by atoms with E-state index in [-0.39, 0.29) is 40.2 Å². The van der Waals surface area contributed by atoms with Gasteiger partial charge in [-0.05, 0) is 36.6 Å². The molecule has 0 radical (unpaired) electrons. The molecule has 10 nitrogen and oxygen atoms in total. The molecule has 0 saturated heterocycles. The van der Waals surface area contributed by atoms with Gasteiger partial charge in [-0.25, -0.2) is 14.2 Å². The molecule has 188 valence electrons. The number of aliphatic imine (C=N–C) groups is 2. The highest BCUT2D eigenvalue weighted by atomic mass is 32.2. The normalized spacial score (nSPS) is 13.8. The topological polar surface area (TPSA) is 118 Å². The Kier molecular flexibility index (Phi) is 7.84. The Morgan fingerprint density at radius 2 is 1.86 bits per heavy atom. The molecule has 0 N–H and O–H groups in total. The molecular formula is C24H23FN4O6S. The van der Waals surface area contributed by atoms with E-state index in [1.54, 1.807) is 37.4 Å². The van der Waals surface area contributed by atoms with Gasteiger partial charge in [-0.2, -0.15) is 9.98 Å². The lowest BCUT2D eigenvalue weighted by Crippen LogP contribution is -2.17. The first kappa shape index (κ1) is 25.2. The minimum Gasteiger partial charge on any atom is -0.493 e. The number of aromatic nitrogens is 2. The van der Waals surface area contributed by atoms with Gasteiger partial charge in [0, 0.05) is 24.5 Å². The van der Waals surface area contributed by atoms with Crippen molar-refractivity contribution in [2.45, 2.75) is 13.3 Å². The van der Waals surface area contributed by atoms with E-state index in [4.69, 9.17) is 18.7 Å². The number of benzene rings is 2. The Balaban J connectivity index is 1.87. The van der Waals surface area contributed by atoms with Crippen molar-refractivity contribution in [3.8, 4) is 28.6 Å². The summed E-state index contributed by atoms with van der Waals surface area (Å²) in [5, 5.41) is 4.04. The van der Waals surface area contributed by atoms with Crippen molar-refractivity contribution in [1.82, 2.24) is 10.1 Å². The molecule has 0 aliphatic carbocycles. The van der Waals surface area contributed by atoms with Gasteiger partial charge >= 0.3 is 6.09 Å². The van der Waals surface area contributed by atoms with Crippen molar-refractivity contribution in [2.24, 2.45) is 9.98 Å². The average molecular weight is 515 g/mol. The highest BCUT2D eigenvalue weighted by Gasteiger charge is 2.28. The molecule has 0 fully saturated rings. The quantitative estimate of drug-likeness (QED) is 0.342. The molecule has 2 heterocycles. The molecule has 0 spiro atoms. The molecule has 0 bridgehead atoms. The van der Waals surface area contributed by atoms with Gasteiger partial charge in [0.1, 0.15) is 10.8 Å². The Bertz CT molecular complexity index is 1320. The van der Waals surface area contributed by atoms with Crippen molar-refractivity contribution >= 4 is 34.3 Å². The second kappa shape index (κ2) is 11.2. The molecule has 0 atom stereocenters. The molecular weight excluding hydrogens is 491 g/mol. The fourth-order valence-electron chi connectivity index (χ4n) is 3.37. The molecule has 3 aromatic rings. The van der Waals surface area contributed by atoms with Gasteiger partial charge in [0.05, 0.1) is 33.1 Å². The van der Waals surface area contributed by atoms with E-state index in [1.807, 2.05) is 0 Å². The van der Waals surface area contributed by atoms with Gasteiger partial charge in [-0.15, -0.1) is 11.8 Å². The Morgan fingerprint density at radius 1 is 1.14 bits per heavy atom. The smallest absolute Gasteiger partial charge is 0.434 e. The lowest BCUT2D eigenvalue weighted by Gasteiger charge is -2.17. The van der Waals surface area contributed by atoms with Crippen molar-refractivity contribution in [3.05, 3.63) is 47.6 Å². The second-order valence-corrected chi connectivity index (χ2v) is 8.18. The number of nitrogens with zero attached hydrogens (tertiary/aromatic N) is 4. The number of fused-ring (bicyclic) bond motifs is 1. The number of amides is 1. The maximum absolute atomic E-state index is 15.9. The summed E-state index contributed by atoms with van der Waals surface area (Å²) in [4.78, 5) is 24.8. The number of carbonyl (C=O) groups is 1. The zero-order valence-corrected chi connectivity index (χ0v) is 20.8. The molecule has 12 heteroatoms. The third kappa shape index (κ3) is 5.33. The maximum atomic E-state index is 15.9. The molecule has 1 aliphatic heterocycles. The maximum Gasteiger partial charge on any atom is 0.434 e. The molecule has 0 saturated carbocycles. The molecule has 1 amide bonds. The molecule has 1 aliphatic rings. The predicted octanol–water partition coefficient (Wildman–Crippen LogP) is 5.00. The van der Waals surface area contributed by atoms with Gasteiger partial charge in [0.25, 0.3) is 0 Å². The number of hydrogen-bond acceptors (Lipinski definition) is 10. The summed E-state index contributed by atoms with van der Waals surface area (Å²) in [6, 6.07) is 8.36. The summed E-state index contributed by atoms with van der Waals surface area (Å²) < 4.78 is 42.4. The van der Waals surface area contributed by atoms with E-state index in [9.17, 15) is 4.79 Å². The summed E-state index contributed by atoms with van der Waals surface area (Å²) in [6.45, 7) is 2.32. The van der Waals surface area contributed by atoms with Crippen LogP contribution in [0.1, 0.15) is 17.9 Å². The number of ether oxygens (including phenoxy) is 4. The van der Waals surface area contributed by atoms with Crippen molar-refractivity contribution in [3.63, 3.8) is 0 Å². The minimum absolute atomic E-state index is 0.0194. The summed E-state index contributed by atoms with van der Waals surface area (Å²) >= 11 is 1.11. The average Bonchev–Trinajstić information content (AvgIpc) is 3.17. The van der Waals surface area contributed by atoms with Crippen LogP contribution in [0, 0.1) is 12.7 Å². The van der Waals surface area contributed by atoms with E-state index in [0.29, 0.717) is 36.0 Å². The highest BCUT2D eigenvalue weighted by Crippen LogP contribution is 2.43. The number of rotatable bonds is 5. The first-order chi connectivity index (χ1) is 17.4. The van der Waals surface area contributed by atoms with E-state index < -0.39 is 11.9 Å². The fourth-order valence-corrected chi connectivity index (χ4v) is 3.88. The zero-order chi connectivity index (χ0) is 25.7. The van der Waals surface area contributed by atoms with Gasteiger partial charge in [0.2, 0.25) is 23.2 Å². The van der Waals surface area contributed by atoms with Crippen LogP contribution in [0.3, 0.4) is 0 Å². The SMILES string of the molecule is COC(=O)N=C(SC)C(=Nc1ccc(-c2noc(C)n2)cc1)c1cc(OC)c2c(c1F)OCCCO2. The Morgan fingerprint density at radius 3 is 2.47 bits per heavy atom. The fraction of sp³-hybridized carbons (Fsp3) is 0.292. The van der Waals surface area contributed by atoms with Crippen molar-refractivity contribution < 1.29 is 32.7 Å². The van der Waals surface area contributed by atoms with Crippen LogP contribution in [-0.4, -0.2) is 60.7 Å². The third-order valence-corrected chi connectivity index (χ3v) is 5.73. The second-order valence-electron chi connectivity index (χ2n) is 7.38. The summed E-state index contributed by atoms with van der Waals surface area (Å²) in [5.74, 6) is 0.506. The molecule has 1 aromatic heterocycles. The summed E-state index contributed by atoms with van der Waals surface area (Å²) in [7, 11) is 2.65. The largest absolute Gasteiger partial charge is 0.493 e. The molecule has 0 unspecified atom stereocenters. The number of thioether (sulfide) groups is 1. The highest BCUT2D eigenvalue weighted by molar-refractivity contribution is 8.15. The van der Waals surface area contributed by atoms with Crippen LogP contribution >= 0.6 is 11.8 Å². The predicted molar refractivity (Wildman–Crippen MR) is 133 cm³/mol. The third-order valence-electron chi connectivity index (χ3n) is 5.06. The monoisotopic (exact) mass is 514 g/mol. The first-order valence-electron chi connectivity index (χ1n) is 10.8. The number of methoxy groups -OCH3 is 2. The van der Waals surface area contributed by atoms with E-state index >= 15 is 4.39 Å². The number of carbonyl (C=O) groups excluding carboxylic acids is 1. The van der Waals surface area contributed by atoms with Gasteiger partial charge in [-0.3, -0.25) is 0 Å². The minimum atomic E-state index is -0.850. The summed E-state index contributed by atoms with van der Waals surface area (Å²) in [6.07, 6.45) is 1.42.